The first-order chi connectivity index (χ1) is 12.5. The molecule has 2 amide bonds. The molecule has 2 fully saturated rings. The molecule has 2 aromatic rings. The average Bonchev–Trinajstić information content (AvgIpc) is 3.37. The van der Waals surface area contributed by atoms with Gasteiger partial charge in [-0.25, -0.2) is 4.98 Å². The Labute approximate surface area is 151 Å². The number of aromatic nitrogens is 3. The van der Waals surface area contributed by atoms with E-state index in [2.05, 4.69) is 10.3 Å². The molecule has 2 aromatic heterocycles. The number of hydrogen-bond donors (Lipinski definition) is 2. The SMILES string of the molecule is Cn1cnc(C(=O)N2C[C@@H]3C[C@@H](O)[C@H]2[C@H]3NC(=O)CCn2cccc2)c1. The van der Waals surface area contributed by atoms with E-state index in [4.69, 9.17) is 0 Å². The Morgan fingerprint density at radius 1 is 1.35 bits per heavy atom. The summed E-state index contributed by atoms with van der Waals surface area (Å²) in [6, 6.07) is 3.26. The maximum absolute atomic E-state index is 12.7. The molecule has 0 unspecified atom stereocenters. The van der Waals surface area contributed by atoms with Gasteiger partial charge in [0.15, 0.2) is 0 Å². The largest absolute Gasteiger partial charge is 0.391 e. The number of aliphatic hydroxyl groups is 1. The Hall–Kier alpha value is -2.61. The van der Waals surface area contributed by atoms with E-state index in [1.165, 1.54) is 0 Å². The van der Waals surface area contributed by atoms with Gasteiger partial charge in [0.05, 0.1) is 24.5 Å². The number of nitrogens with one attached hydrogen (secondary N) is 1. The van der Waals surface area contributed by atoms with Crippen LogP contribution in [0.25, 0.3) is 0 Å². The van der Waals surface area contributed by atoms with Crippen molar-refractivity contribution in [3.05, 3.63) is 42.7 Å². The number of aliphatic hydroxyl groups excluding tert-OH is 1. The Bertz CT molecular complexity index is 800. The predicted molar refractivity (Wildman–Crippen MR) is 93.1 cm³/mol. The monoisotopic (exact) mass is 357 g/mol. The molecule has 2 aliphatic rings. The van der Waals surface area contributed by atoms with Gasteiger partial charge in [-0.2, -0.15) is 0 Å². The van der Waals surface area contributed by atoms with Crippen LogP contribution in [0.4, 0.5) is 0 Å². The molecule has 3 heterocycles. The van der Waals surface area contributed by atoms with Crippen LogP contribution in [0.2, 0.25) is 0 Å². The van der Waals surface area contributed by atoms with E-state index in [1.807, 2.05) is 36.1 Å². The van der Waals surface area contributed by atoms with E-state index in [-0.39, 0.29) is 29.8 Å². The van der Waals surface area contributed by atoms with E-state index in [9.17, 15) is 14.7 Å². The van der Waals surface area contributed by atoms with Crippen molar-refractivity contribution in [3.63, 3.8) is 0 Å². The molecular formula is C18H23N5O3. The molecule has 8 heteroatoms. The number of carbonyl (C=O) groups is 2. The summed E-state index contributed by atoms with van der Waals surface area (Å²) in [4.78, 5) is 30.9. The fourth-order valence-corrected chi connectivity index (χ4v) is 4.18. The Morgan fingerprint density at radius 3 is 2.81 bits per heavy atom. The number of aryl methyl sites for hydroxylation is 2. The molecule has 0 spiro atoms. The minimum Gasteiger partial charge on any atom is -0.391 e. The molecule has 4 rings (SSSR count). The number of nitrogens with zero attached hydrogens (tertiary/aromatic N) is 4. The van der Waals surface area contributed by atoms with Gasteiger partial charge in [-0.05, 0) is 18.6 Å². The third-order valence-corrected chi connectivity index (χ3v) is 5.38. The van der Waals surface area contributed by atoms with Crippen LogP contribution in [0.3, 0.4) is 0 Å². The van der Waals surface area contributed by atoms with E-state index in [1.54, 1.807) is 22.0 Å². The van der Waals surface area contributed by atoms with Crippen LogP contribution in [0.5, 0.6) is 0 Å². The first-order valence-electron chi connectivity index (χ1n) is 8.90. The van der Waals surface area contributed by atoms with Gasteiger partial charge in [0.25, 0.3) is 5.91 Å². The molecule has 1 saturated carbocycles. The number of likely N-dealkylation sites (tertiary alicyclic amines) is 1. The standard InChI is InChI=1S/C18H23N5O3/c1-21-10-13(19-11-21)18(26)23-9-12-8-14(24)17(23)16(12)20-15(25)4-7-22-5-2-3-6-22/h2-3,5-6,10-12,14,16-17,24H,4,7-9H2,1H3,(H,20,25)/t12-,14+,16-,17-/m0/s1. The zero-order valence-electron chi connectivity index (χ0n) is 14.7. The summed E-state index contributed by atoms with van der Waals surface area (Å²) in [6.07, 6.45) is 7.46. The van der Waals surface area contributed by atoms with Gasteiger partial charge < -0.3 is 24.5 Å². The van der Waals surface area contributed by atoms with Crippen molar-refractivity contribution < 1.29 is 14.7 Å². The maximum Gasteiger partial charge on any atom is 0.274 e. The van der Waals surface area contributed by atoms with E-state index >= 15 is 0 Å². The first kappa shape index (κ1) is 16.8. The number of piperidine rings is 1. The Balaban J connectivity index is 1.41. The average molecular weight is 357 g/mol. The highest BCUT2D eigenvalue weighted by Gasteiger charge is 2.54. The van der Waals surface area contributed by atoms with E-state index in [0.29, 0.717) is 31.6 Å². The van der Waals surface area contributed by atoms with Gasteiger partial charge in [-0.15, -0.1) is 0 Å². The second kappa shape index (κ2) is 6.60. The molecule has 8 nitrogen and oxygen atoms in total. The summed E-state index contributed by atoms with van der Waals surface area (Å²) in [5.74, 6) is -0.165. The lowest BCUT2D eigenvalue weighted by molar-refractivity contribution is -0.122. The number of rotatable bonds is 5. The van der Waals surface area contributed by atoms with Gasteiger partial charge >= 0.3 is 0 Å². The molecule has 26 heavy (non-hydrogen) atoms. The lowest BCUT2D eigenvalue weighted by atomic mass is 10.1. The third-order valence-electron chi connectivity index (χ3n) is 5.38. The molecule has 1 aliphatic carbocycles. The van der Waals surface area contributed by atoms with Crippen LogP contribution in [0.15, 0.2) is 37.1 Å². The zero-order chi connectivity index (χ0) is 18.3. The van der Waals surface area contributed by atoms with Gasteiger partial charge in [-0.3, -0.25) is 9.59 Å². The Morgan fingerprint density at radius 2 is 2.12 bits per heavy atom. The summed E-state index contributed by atoms with van der Waals surface area (Å²) in [6.45, 7) is 1.15. The number of carbonyl (C=O) groups excluding carboxylic acids is 2. The van der Waals surface area contributed by atoms with Crippen molar-refractivity contribution in [2.75, 3.05) is 6.54 Å². The van der Waals surface area contributed by atoms with Gasteiger partial charge in [0, 0.05) is 51.1 Å². The predicted octanol–water partition coefficient (Wildman–Crippen LogP) is 0.00190. The van der Waals surface area contributed by atoms with Crippen LogP contribution >= 0.6 is 0 Å². The molecule has 2 N–H and O–H groups in total. The minimum atomic E-state index is -0.615. The quantitative estimate of drug-likeness (QED) is 0.788. The molecule has 4 atom stereocenters. The van der Waals surface area contributed by atoms with Crippen LogP contribution in [0, 0.1) is 5.92 Å². The number of amides is 2. The van der Waals surface area contributed by atoms with Crippen LogP contribution < -0.4 is 5.32 Å². The maximum atomic E-state index is 12.7. The van der Waals surface area contributed by atoms with Crippen molar-refractivity contribution in [3.8, 4) is 0 Å². The third kappa shape index (κ3) is 3.01. The summed E-state index contributed by atoms with van der Waals surface area (Å²) in [5.41, 5.74) is 0.366. The van der Waals surface area contributed by atoms with Crippen molar-refractivity contribution in [2.24, 2.45) is 13.0 Å². The molecule has 1 saturated heterocycles. The zero-order valence-corrected chi connectivity index (χ0v) is 14.7. The van der Waals surface area contributed by atoms with Crippen molar-refractivity contribution in [1.29, 1.82) is 0 Å². The highest BCUT2D eigenvalue weighted by Crippen LogP contribution is 2.39. The lowest BCUT2D eigenvalue weighted by Crippen LogP contribution is -2.50. The van der Waals surface area contributed by atoms with Gasteiger partial charge in [0.2, 0.25) is 5.91 Å². The fourth-order valence-electron chi connectivity index (χ4n) is 4.18. The Kier molecular flexibility index (Phi) is 4.28. The lowest BCUT2D eigenvalue weighted by Gasteiger charge is -2.30. The van der Waals surface area contributed by atoms with Crippen molar-refractivity contribution in [1.82, 2.24) is 24.3 Å². The summed E-state index contributed by atoms with van der Waals surface area (Å²) < 4.78 is 3.67. The molecular weight excluding hydrogens is 334 g/mol. The summed E-state index contributed by atoms with van der Waals surface area (Å²) >= 11 is 0. The summed E-state index contributed by atoms with van der Waals surface area (Å²) in [7, 11) is 1.81. The molecule has 138 valence electrons. The van der Waals surface area contributed by atoms with E-state index in [0.717, 1.165) is 0 Å². The number of imidazole rings is 1. The molecule has 1 aliphatic heterocycles. The van der Waals surface area contributed by atoms with Crippen molar-refractivity contribution >= 4 is 11.8 Å². The van der Waals surface area contributed by atoms with Gasteiger partial charge in [0.1, 0.15) is 5.69 Å². The fraction of sp³-hybridized carbons (Fsp3) is 0.500. The van der Waals surface area contributed by atoms with Crippen LogP contribution in [-0.2, 0) is 18.4 Å². The molecule has 0 aromatic carbocycles. The molecule has 0 radical (unpaired) electrons. The number of hydrogen-bond acceptors (Lipinski definition) is 4. The van der Waals surface area contributed by atoms with Gasteiger partial charge in [-0.1, -0.05) is 0 Å². The highest BCUT2D eigenvalue weighted by atomic mass is 16.3. The van der Waals surface area contributed by atoms with Crippen LogP contribution in [0.1, 0.15) is 23.3 Å². The van der Waals surface area contributed by atoms with E-state index < -0.39 is 6.10 Å². The second-order valence-electron chi connectivity index (χ2n) is 7.20. The highest BCUT2D eigenvalue weighted by molar-refractivity contribution is 5.93. The smallest absolute Gasteiger partial charge is 0.274 e. The molecule has 2 bridgehead atoms. The normalized spacial score (nSPS) is 27.1. The first-order valence-corrected chi connectivity index (χ1v) is 8.90. The number of fused-ring (bicyclic) bond motifs is 2. The summed E-state index contributed by atoms with van der Waals surface area (Å²) in [5, 5.41) is 13.4. The second-order valence-corrected chi connectivity index (χ2v) is 7.20. The van der Waals surface area contributed by atoms with Crippen molar-refractivity contribution in [2.45, 2.75) is 37.6 Å². The minimum absolute atomic E-state index is 0.0556. The topological polar surface area (TPSA) is 92.4 Å². The van der Waals surface area contributed by atoms with Crippen LogP contribution in [-0.4, -0.2) is 60.7 Å².